The smallest absolute Gasteiger partial charge is 0.250 e. The average molecular weight is 224 g/mol. The first kappa shape index (κ1) is 11.9. The SMILES string of the molecule is CCc1nc(NC(=O)C=C(C)C)sc1C. The van der Waals surface area contributed by atoms with Gasteiger partial charge in [0.25, 0.3) is 0 Å². The van der Waals surface area contributed by atoms with Crippen LogP contribution in [0.2, 0.25) is 0 Å². The quantitative estimate of drug-likeness (QED) is 0.802. The summed E-state index contributed by atoms with van der Waals surface area (Å²) < 4.78 is 0. The second kappa shape index (κ2) is 5.07. The van der Waals surface area contributed by atoms with Crippen LogP contribution in [0.15, 0.2) is 11.6 Å². The second-order valence-electron chi connectivity index (χ2n) is 3.59. The largest absolute Gasteiger partial charge is 0.298 e. The lowest BCUT2D eigenvalue weighted by Gasteiger charge is -1.95. The fourth-order valence-corrected chi connectivity index (χ4v) is 2.12. The first-order chi connectivity index (χ1) is 7.02. The molecule has 4 heteroatoms. The Hall–Kier alpha value is -1.16. The molecule has 1 amide bonds. The van der Waals surface area contributed by atoms with Crippen LogP contribution in [0.1, 0.15) is 31.3 Å². The molecule has 1 rings (SSSR count). The van der Waals surface area contributed by atoms with Crippen LogP contribution in [0, 0.1) is 6.92 Å². The third-order valence-corrected chi connectivity index (χ3v) is 2.81. The van der Waals surface area contributed by atoms with Crippen LogP contribution in [0.3, 0.4) is 0 Å². The first-order valence-electron chi connectivity index (χ1n) is 4.95. The van der Waals surface area contributed by atoms with E-state index in [-0.39, 0.29) is 5.91 Å². The summed E-state index contributed by atoms with van der Waals surface area (Å²) in [4.78, 5) is 16.9. The summed E-state index contributed by atoms with van der Waals surface area (Å²) in [5.74, 6) is -0.105. The standard InChI is InChI=1S/C11H16N2OS/c1-5-9-8(4)15-11(12-9)13-10(14)6-7(2)3/h6H,5H2,1-4H3,(H,12,13,14). The first-order valence-corrected chi connectivity index (χ1v) is 5.76. The molecule has 0 aliphatic rings. The fourth-order valence-electron chi connectivity index (χ4n) is 1.21. The third kappa shape index (κ3) is 3.47. The van der Waals surface area contributed by atoms with Crippen LogP contribution in [-0.2, 0) is 11.2 Å². The molecule has 0 fully saturated rings. The summed E-state index contributed by atoms with van der Waals surface area (Å²) in [7, 11) is 0. The lowest BCUT2D eigenvalue weighted by Crippen LogP contribution is -2.08. The molecule has 82 valence electrons. The highest BCUT2D eigenvalue weighted by molar-refractivity contribution is 7.15. The van der Waals surface area contributed by atoms with Crippen molar-refractivity contribution in [3.8, 4) is 0 Å². The number of allylic oxidation sites excluding steroid dienone is 1. The number of carbonyl (C=O) groups is 1. The van der Waals surface area contributed by atoms with Crippen molar-refractivity contribution in [1.29, 1.82) is 0 Å². The summed E-state index contributed by atoms with van der Waals surface area (Å²) in [6.45, 7) is 7.87. The van der Waals surface area contributed by atoms with Crippen LogP contribution < -0.4 is 5.32 Å². The molecule has 1 aromatic rings. The van der Waals surface area contributed by atoms with E-state index < -0.39 is 0 Å². The highest BCUT2D eigenvalue weighted by Crippen LogP contribution is 2.22. The van der Waals surface area contributed by atoms with Crippen molar-refractivity contribution in [2.24, 2.45) is 0 Å². The van der Waals surface area contributed by atoms with Crippen molar-refractivity contribution >= 4 is 22.4 Å². The van der Waals surface area contributed by atoms with Gasteiger partial charge in [0.05, 0.1) is 5.69 Å². The molecule has 0 aliphatic heterocycles. The van der Waals surface area contributed by atoms with Crippen molar-refractivity contribution in [1.82, 2.24) is 4.98 Å². The molecule has 0 unspecified atom stereocenters. The molecule has 0 saturated heterocycles. The van der Waals surface area contributed by atoms with Gasteiger partial charge in [-0.05, 0) is 27.2 Å². The van der Waals surface area contributed by atoms with Crippen molar-refractivity contribution in [2.75, 3.05) is 5.32 Å². The molecule has 0 aliphatic carbocycles. The lowest BCUT2D eigenvalue weighted by molar-refractivity contribution is -0.111. The maximum atomic E-state index is 11.4. The van der Waals surface area contributed by atoms with Crippen LogP contribution in [0.25, 0.3) is 0 Å². The number of carbonyl (C=O) groups excluding carboxylic acids is 1. The Morgan fingerprint density at radius 2 is 2.20 bits per heavy atom. The van der Waals surface area contributed by atoms with E-state index in [4.69, 9.17) is 0 Å². The van der Waals surface area contributed by atoms with Gasteiger partial charge in [0.2, 0.25) is 5.91 Å². The number of hydrogen-bond acceptors (Lipinski definition) is 3. The minimum absolute atomic E-state index is 0.105. The van der Waals surface area contributed by atoms with Crippen LogP contribution in [0.5, 0.6) is 0 Å². The Morgan fingerprint density at radius 1 is 1.53 bits per heavy atom. The number of nitrogens with one attached hydrogen (secondary N) is 1. The van der Waals surface area contributed by atoms with Crippen molar-refractivity contribution in [3.63, 3.8) is 0 Å². The number of aromatic nitrogens is 1. The number of aryl methyl sites for hydroxylation is 2. The Kier molecular flexibility index (Phi) is 4.03. The van der Waals surface area contributed by atoms with Gasteiger partial charge in [0.15, 0.2) is 5.13 Å². The molecular weight excluding hydrogens is 208 g/mol. The molecule has 0 aromatic carbocycles. The number of anilines is 1. The molecule has 0 atom stereocenters. The molecule has 0 radical (unpaired) electrons. The summed E-state index contributed by atoms with van der Waals surface area (Å²) in [5.41, 5.74) is 2.05. The predicted molar refractivity (Wildman–Crippen MR) is 64.3 cm³/mol. The van der Waals surface area contributed by atoms with E-state index in [0.717, 1.165) is 17.7 Å². The van der Waals surface area contributed by atoms with Crippen LogP contribution in [0.4, 0.5) is 5.13 Å². The summed E-state index contributed by atoms with van der Waals surface area (Å²) >= 11 is 1.52. The van der Waals surface area contributed by atoms with E-state index in [1.165, 1.54) is 16.2 Å². The van der Waals surface area contributed by atoms with Gasteiger partial charge in [-0.25, -0.2) is 4.98 Å². The van der Waals surface area contributed by atoms with Crippen molar-refractivity contribution in [3.05, 3.63) is 22.2 Å². The number of hydrogen-bond donors (Lipinski definition) is 1. The van der Waals surface area contributed by atoms with Gasteiger partial charge in [0.1, 0.15) is 0 Å². The molecule has 0 spiro atoms. The molecule has 0 bridgehead atoms. The van der Waals surface area contributed by atoms with Gasteiger partial charge >= 0.3 is 0 Å². The predicted octanol–water partition coefficient (Wildman–Crippen LogP) is 2.92. The van der Waals surface area contributed by atoms with E-state index in [1.807, 2.05) is 20.8 Å². The summed E-state index contributed by atoms with van der Waals surface area (Å²) in [5, 5.41) is 3.45. The maximum absolute atomic E-state index is 11.4. The zero-order valence-electron chi connectivity index (χ0n) is 9.55. The van der Waals surface area contributed by atoms with E-state index in [2.05, 4.69) is 17.2 Å². The van der Waals surface area contributed by atoms with E-state index in [0.29, 0.717) is 5.13 Å². The number of amides is 1. The zero-order valence-corrected chi connectivity index (χ0v) is 10.4. The van der Waals surface area contributed by atoms with Crippen LogP contribution >= 0.6 is 11.3 Å². The molecule has 0 saturated carbocycles. The van der Waals surface area contributed by atoms with Crippen LogP contribution in [-0.4, -0.2) is 10.9 Å². The van der Waals surface area contributed by atoms with Gasteiger partial charge in [0, 0.05) is 11.0 Å². The minimum atomic E-state index is -0.105. The number of nitrogens with zero attached hydrogens (tertiary/aromatic N) is 1. The van der Waals surface area contributed by atoms with Crippen molar-refractivity contribution < 1.29 is 4.79 Å². The Bertz CT molecular complexity index is 389. The third-order valence-electron chi connectivity index (χ3n) is 1.88. The van der Waals surface area contributed by atoms with Gasteiger partial charge in [-0.15, -0.1) is 11.3 Å². The molecular formula is C11H16N2OS. The average Bonchev–Trinajstić information content (AvgIpc) is 2.44. The summed E-state index contributed by atoms with van der Waals surface area (Å²) in [6.07, 6.45) is 2.48. The number of rotatable bonds is 3. The molecule has 1 N–H and O–H groups in total. The highest BCUT2D eigenvalue weighted by Gasteiger charge is 2.07. The van der Waals surface area contributed by atoms with E-state index in [9.17, 15) is 4.79 Å². The summed E-state index contributed by atoms with van der Waals surface area (Å²) in [6, 6.07) is 0. The highest BCUT2D eigenvalue weighted by atomic mass is 32.1. The van der Waals surface area contributed by atoms with Gasteiger partial charge in [-0.3, -0.25) is 10.1 Å². The maximum Gasteiger partial charge on any atom is 0.250 e. The molecule has 15 heavy (non-hydrogen) atoms. The number of thiazole rings is 1. The molecule has 3 nitrogen and oxygen atoms in total. The monoisotopic (exact) mass is 224 g/mol. The van der Waals surface area contributed by atoms with Gasteiger partial charge < -0.3 is 0 Å². The Balaban J connectivity index is 2.73. The topological polar surface area (TPSA) is 42.0 Å². The molecule has 1 aromatic heterocycles. The van der Waals surface area contributed by atoms with E-state index >= 15 is 0 Å². The van der Waals surface area contributed by atoms with Crippen molar-refractivity contribution in [2.45, 2.75) is 34.1 Å². The lowest BCUT2D eigenvalue weighted by atomic mass is 10.3. The Labute approximate surface area is 94.2 Å². The van der Waals surface area contributed by atoms with Gasteiger partial charge in [-0.2, -0.15) is 0 Å². The normalized spacial score (nSPS) is 9.87. The second-order valence-corrected chi connectivity index (χ2v) is 4.79. The Morgan fingerprint density at radius 3 is 2.67 bits per heavy atom. The molecule has 1 heterocycles. The zero-order chi connectivity index (χ0) is 11.4. The van der Waals surface area contributed by atoms with Gasteiger partial charge in [-0.1, -0.05) is 12.5 Å². The fraction of sp³-hybridized carbons (Fsp3) is 0.455. The van der Waals surface area contributed by atoms with E-state index in [1.54, 1.807) is 6.08 Å². The minimum Gasteiger partial charge on any atom is -0.298 e.